The zero-order valence-electron chi connectivity index (χ0n) is 10.2. The van der Waals surface area contributed by atoms with Gasteiger partial charge in [-0.1, -0.05) is 32.0 Å². The van der Waals surface area contributed by atoms with Gasteiger partial charge in [-0.3, -0.25) is 0 Å². The summed E-state index contributed by atoms with van der Waals surface area (Å²) in [6.45, 7) is 4.81. The largest absolute Gasteiger partial charge is 0.319 e. The molecule has 0 aliphatic heterocycles. The number of nitrogens with one attached hydrogen (secondary N) is 1. The maximum absolute atomic E-state index is 11.7. The Morgan fingerprint density at radius 1 is 1.25 bits per heavy atom. The fourth-order valence-corrected chi connectivity index (χ4v) is 2.96. The average molecular weight is 241 g/mol. The van der Waals surface area contributed by atoms with E-state index >= 15 is 0 Å². The highest BCUT2D eigenvalue weighted by Gasteiger charge is 2.25. The maximum Gasteiger partial charge on any atom is 0.175 e. The van der Waals surface area contributed by atoms with Gasteiger partial charge in [-0.15, -0.1) is 0 Å². The van der Waals surface area contributed by atoms with Crippen LogP contribution in [0.4, 0.5) is 0 Å². The van der Waals surface area contributed by atoms with Crippen LogP contribution in [0.25, 0.3) is 0 Å². The van der Waals surface area contributed by atoms with Gasteiger partial charge in [-0.25, -0.2) is 8.42 Å². The third kappa shape index (κ3) is 2.83. The summed E-state index contributed by atoms with van der Waals surface area (Å²) >= 11 is 0. The first-order valence-electron chi connectivity index (χ1n) is 5.23. The highest BCUT2D eigenvalue weighted by molar-refractivity contribution is 7.90. The standard InChI is InChI=1S/C12H19NO2S/c1-12(2,9-13-3)10-7-5-6-8-11(10)16(4,14)15/h5-8,13H,9H2,1-4H3. The fraction of sp³-hybridized carbons (Fsp3) is 0.500. The predicted octanol–water partition coefficient (Wildman–Crippen LogP) is 1.59. The molecule has 0 saturated heterocycles. The Labute approximate surface area is 97.8 Å². The minimum absolute atomic E-state index is 0.200. The van der Waals surface area contributed by atoms with Crippen molar-refractivity contribution >= 4 is 9.84 Å². The summed E-state index contributed by atoms with van der Waals surface area (Å²) in [4.78, 5) is 0.426. The van der Waals surface area contributed by atoms with Gasteiger partial charge >= 0.3 is 0 Å². The molecule has 90 valence electrons. The van der Waals surface area contributed by atoms with Gasteiger partial charge in [0.05, 0.1) is 4.90 Å². The summed E-state index contributed by atoms with van der Waals surface area (Å²) in [6, 6.07) is 7.19. The molecule has 0 saturated carbocycles. The molecule has 1 rings (SSSR count). The number of benzene rings is 1. The first kappa shape index (κ1) is 13.2. The van der Waals surface area contributed by atoms with Crippen LogP contribution in [0.2, 0.25) is 0 Å². The Balaban J connectivity index is 3.35. The lowest BCUT2D eigenvalue weighted by Gasteiger charge is -2.26. The van der Waals surface area contributed by atoms with E-state index in [1.54, 1.807) is 12.1 Å². The smallest absolute Gasteiger partial charge is 0.175 e. The quantitative estimate of drug-likeness (QED) is 0.870. The normalized spacial score (nSPS) is 12.8. The molecule has 1 aromatic rings. The van der Waals surface area contributed by atoms with E-state index in [0.717, 1.165) is 12.1 Å². The van der Waals surface area contributed by atoms with Crippen molar-refractivity contribution in [3.63, 3.8) is 0 Å². The first-order valence-corrected chi connectivity index (χ1v) is 7.12. The van der Waals surface area contributed by atoms with Crippen molar-refractivity contribution in [1.82, 2.24) is 5.32 Å². The molecule has 0 unspecified atom stereocenters. The predicted molar refractivity (Wildman–Crippen MR) is 66.5 cm³/mol. The molecule has 0 amide bonds. The van der Waals surface area contributed by atoms with Crippen molar-refractivity contribution < 1.29 is 8.42 Å². The Morgan fingerprint density at radius 2 is 1.81 bits per heavy atom. The molecular formula is C12H19NO2S. The summed E-state index contributed by atoms with van der Waals surface area (Å²) in [7, 11) is -1.30. The van der Waals surface area contributed by atoms with E-state index < -0.39 is 9.84 Å². The van der Waals surface area contributed by atoms with Crippen molar-refractivity contribution in [2.24, 2.45) is 0 Å². The monoisotopic (exact) mass is 241 g/mol. The summed E-state index contributed by atoms with van der Waals surface area (Å²) in [5.41, 5.74) is 0.667. The van der Waals surface area contributed by atoms with Gasteiger partial charge < -0.3 is 5.32 Å². The number of hydrogen-bond donors (Lipinski definition) is 1. The molecule has 0 radical (unpaired) electrons. The molecule has 0 aliphatic rings. The molecule has 0 aliphatic carbocycles. The Morgan fingerprint density at radius 3 is 2.31 bits per heavy atom. The van der Waals surface area contributed by atoms with E-state index in [4.69, 9.17) is 0 Å². The highest BCUT2D eigenvalue weighted by Crippen LogP contribution is 2.28. The van der Waals surface area contributed by atoms with Crippen molar-refractivity contribution in [1.29, 1.82) is 0 Å². The topological polar surface area (TPSA) is 46.2 Å². The average Bonchev–Trinajstić information content (AvgIpc) is 2.16. The van der Waals surface area contributed by atoms with Crippen LogP contribution >= 0.6 is 0 Å². The van der Waals surface area contributed by atoms with Gasteiger partial charge in [0.15, 0.2) is 9.84 Å². The van der Waals surface area contributed by atoms with Gasteiger partial charge in [-0.05, 0) is 18.7 Å². The second kappa shape index (κ2) is 4.55. The van der Waals surface area contributed by atoms with Crippen LogP contribution in [0.1, 0.15) is 19.4 Å². The van der Waals surface area contributed by atoms with E-state index in [1.165, 1.54) is 6.26 Å². The molecule has 0 atom stereocenters. The van der Waals surface area contributed by atoms with E-state index in [0.29, 0.717) is 4.90 Å². The Bertz CT molecular complexity index is 464. The van der Waals surface area contributed by atoms with Crippen LogP contribution in [0, 0.1) is 0 Å². The molecule has 0 heterocycles. The van der Waals surface area contributed by atoms with E-state index in [2.05, 4.69) is 5.32 Å². The lowest BCUT2D eigenvalue weighted by molar-refractivity contribution is 0.483. The zero-order valence-corrected chi connectivity index (χ0v) is 11.1. The lowest BCUT2D eigenvalue weighted by atomic mass is 9.84. The second-order valence-electron chi connectivity index (χ2n) is 4.68. The number of likely N-dealkylation sites (N-methyl/N-ethyl adjacent to an activating group) is 1. The third-order valence-corrected chi connectivity index (χ3v) is 3.79. The van der Waals surface area contributed by atoms with E-state index in [1.807, 2.05) is 33.0 Å². The Kier molecular flexibility index (Phi) is 3.76. The molecule has 1 N–H and O–H groups in total. The summed E-state index contributed by atoms with van der Waals surface area (Å²) in [5.74, 6) is 0. The second-order valence-corrected chi connectivity index (χ2v) is 6.67. The summed E-state index contributed by atoms with van der Waals surface area (Å²) in [5, 5.41) is 3.09. The maximum atomic E-state index is 11.7. The van der Waals surface area contributed by atoms with Gasteiger partial charge in [0.25, 0.3) is 0 Å². The molecular weight excluding hydrogens is 222 g/mol. The van der Waals surface area contributed by atoms with Crippen molar-refractivity contribution in [2.45, 2.75) is 24.2 Å². The lowest BCUT2D eigenvalue weighted by Crippen LogP contribution is -2.32. The van der Waals surface area contributed by atoms with Crippen LogP contribution < -0.4 is 5.32 Å². The SMILES string of the molecule is CNCC(C)(C)c1ccccc1S(C)(=O)=O. The Hall–Kier alpha value is -0.870. The van der Waals surface area contributed by atoms with Crippen molar-refractivity contribution in [3.8, 4) is 0 Å². The number of rotatable bonds is 4. The molecule has 3 nitrogen and oxygen atoms in total. The molecule has 1 aromatic carbocycles. The van der Waals surface area contributed by atoms with Gasteiger partial charge in [0.1, 0.15) is 0 Å². The summed E-state index contributed by atoms with van der Waals surface area (Å²) in [6.07, 6.45) is 1.25. The van der Waals surface area contributed by atoms with Crippen LogP contribution in [-0.4, -0.2) is 28.3 Å². The molecule has 0 fully saturated rings. The van der Waals surface area contributed by atoms with Gasteiger partial charge in [-0.2, -0.15) is 0 Å². The van der Waals surface area contributed by atoms with Crippen LogP contribution in [0.3, 0.4) is 0 Å². The molecule has 0 aromatic heterocycles. The minimum atomic E-state index is -3.16. The molecule has 16 heavy (non-hydrogen) atoms. The van der Waals surface area contributed by atoms with Gasteiger partial charge in [0, 0.05) is 18.2 Å². The minimum Gasteiger partial charge on any atom is -0.319 e. The van der Waals surface area contributed by atoms with Gasteiger partial charge in [0.2, 0.25) is 0 Å². The summed E-state index contributed by atoms with van der Waals surface area (Å²) < 4.78 is 23.4. The molecule has 0 bridgehead atoms. The number of sulfone groups is 1. The molecule has 4 heteroatoms. The third-order valence-electron chi connectivity index (χ3n) is 2.63. The van der Waals surface area contributed by atoms with Crippen LogP contribution in [-0.2, 0) is 15.3 Å². The van der Waals surface area contributed by atoms with Crippen LogP contribution in [0.5, 0.6) is 0 Å². The zero-order chi connectivity index (χ0) is 12.4. The first-order chi connectivity index (χ1) is 7.29. The van der Waals surface area contributed by atoms with Crippen molar-refractivity contribution in [3.05, 3.63) is 29.8 Å². The highest BCUT2D eigenvalue weighted by atomic mass is 32.2. The van der Waals surface area contributed by atoms with E-state index in [9.17, 15) is 8.42 Å². The van der Waals surface area contributed by atoms with Crippen molar-refractivity contribution in [2.75, 3.05) is 19.8 Å². The molecule has 0 spiro atoms. The fourth-order valence-electron chi connectivity index (χ4n) is 1.89. The van der Waals surface area contributed by atoms with Crippen LogP contribution in [0.15, 0.2) is 29.2 Å². The van der Waals surface area contributed by atoms with E-state index in [-0.39, 0.29) is 5.41 Å². The number of hydrogen-bond acceptors (Lipinski definition) is 3.